The van der Waals surface area contributed by atoms with Gasteiger partial charge in [-0.1, -0.05) is 26.0 Å². The molecular weight excluding hydrogens is 240 g/mol. The summed E-state index contributed by atoms with van der Waals surface area (Å²) in [5.41, 5.74) is 7.50. The van der Waals surface area contributed by atoms with Gasteiger partial charge in [-0.25, -0.2) is 0 Å². The van der Waals surface area contributed by atoms with Gasteiger partial charge < -0.3 is 15.7 Å². The number of nitrogens with two attached hydrogens (primary N) is 1. The number of aliphatic hydroxyl groups is 1. The molecule has 0 saturated carbocycles. The van der Waals surface area contributed by atoms with Gasteiger partial charge in [-0.05, 0) is 30.0 Å². The van der Waals surface area contributed by atoms with E-state index in [1.54, 1.807) is 4.90 Å². The largest absolute Gasteiger partial charge is 0.399 e. The molecule has 0 spiro atoms. The number of benzene rings is 1. The van der Waals surface area contributed by atoms with Gasteiger partial charge in [0.05, 0.1) is 6.61 Å². The molecule has 4 heteroatoms. The van der Waals surface area contributed by atoms with E-state index >= 15 is 0 Å². The molecule has 4 nitrogen and oxygen atoms in total. The van der Waals surface area contributed by atoms with Crippen LogP contribution < -0.4 is 5.73 Å². The fraction of sp³-hybridized carbons (Fsp3) is 0.533. The highest BCUT2D eigenvalue weighted by Crippen LogP contribution is 2.21. The standard InChI is InChI=1S/C15H24N2O2/c1-3-8-17(9-10-18)15(19)11-12(2)13-4-6-14(16)7-5-13/h4-7,12,18H,3,8-11,16H2,1-2H3. The quantitative estimate of drug-likeness (QED) is 0.740. The van der Waals surface area contributed by atoms with Gasteiger partial charge in [0.2, 0.25) is 5.91 Å². The van der Waals surface area contributed by atoms with Crippen molar-refractivity contribution in [3.05, 3.63) is 29.8 Å². The van der Waals surface area contributed by atoms with E-state index in [0.29, 0.717) is 19.5 Å². The normalized spacial score (nSPS) is 12.2. The highest BCUT2D eigenvalue weighted by molar-refractivity contribution is 5.77. The lowest BCUT2D eigenvalue weighted by Crippen LogP contribution is -2.34. The van der Waals surface area contributed by atoms with E-state index in [2.05, 4.69) is 0 Å². The summed E-state index contributed by atoms with van der Waals surface area (Å²) in [6.07, 6.45) is 1.37. The van der Waals surface area contributed by atoms with Crippen LogP contribution in [0, 0.1) is 0 Å². The summed E-state index contributed by atoms with van der Waals surface area (Å²) in [6.45, 7) is 5.20. The van der Waals surface area contributed by atoms with Crippen LogP contribution >= 0.6 is 0 Å². The van der Waals surface area contributed by atoms with Gasteiger partial charge in [-0.15, -0.1) is 0 Å². The van der Waals surface area contributed by atoms with Crippen molar-refractivity contribution >= 4 is 11.6 Å². The second-order valence-electron chi connectivity index (χ2n) is 4.88. The van der Waals surface area contributed by atoms with Crippen molar-refractivity contribution < 1.29 is 9.90 Å². The summed E-state index contributed by atoms with van der Waals surface area (Å²) in [5.74, 6) is 0.256. The molecule has 1 unspecified atom stereocenters. The average Bonchev–Trinajstić information content (AvgIpc) is 2.39. The fourth-order valence-corrected chi connectivity index (χ4v) is 2.09. The lowest BCUT2D eigenvalue weighted by molar-refractivity contribution is -0.132. The Morgan fingerprint density at radius 3 is 2.47 bits per heavy atom. The molecule has 0 heterocycles. The molecule has 0 aliphatic heterocycles. The second kappa shape index (κ2) is 7.79. The topological polar surface area (TPSA) is 66.6 Å². The number of carbonyl (C=O) groups is 1. The van der Waals surface area contributed by atoms with Gasteiger partial charge in [-0.2, -0.15) is 0 Å². The van der Waals surface area contributed by atoms with Crippen molar-refractivity contribution in [2.24, 2.45) is 0 Å². The van der Waals surface area contributed by atoms with Gasteiger partial charge in [0.25, 0.3) is 0 Å². The van der Waals surface area contributed by atoms with Gasteiger partial charge >= 0.3 is 0 Å². The number of amides is 1. The van der Waals surface area contributed by atoms with Gasteiger partial charge in [-0.3, -0.25) is 4.79 Å². The minimum atomic E-state index is 0.0159. The summed E-state index contributed by atoms with van der Waals surface area (Å²) < 4.78 is 0. The van der Waals surface area contributed by atoms with Gasteiger partial charge in [0.1, 0.15) is 0 Å². The van der Waals surface area contributed by atoms with Gasteiger partial charge in [0, 0.05) is 25.2 Å². The van der Waals surface area contributed by atoms with Crippen molar-refractivity contribution in [3.8, 4) is 0 Å². The molecule has 1 aromatic carbocycles. The van der Waals surface area contributed by atoms with Crippen LogP contribution in [0.3, 0.4) is 0 Å². The first-order valence-electron chi connectivity index (χ1n) is 6.82. The van der Waals surface area contributed by atoms with E-state index in [9.17, 15) is 4.79 Å². The molecule has 1 rings (SSSR count). The summed E-state index contributed by atoms with van der Waals surface area (Å²) in [5, 5.41) is 8.99. The zero-order valence-corrected chi connectivity index (χ0v) is 11.8. The minimum Gasteiger partial charge on any atom is -0.399 e. The van der Waals surface area contributed by atoms with Crippen LogP contribution in [-0.2, 0) is 4.79 Å². The Morgan fingerprint density at radius 2 is 1.95 bits per heavy atom. The summed E-state index contributed by atoms with van der Waals surface area (Å²) >= 11 is 0. The number of anilines is 1. The molecule has 106 valence electrons. The van der Waals surface area contributed by atoms with Crippen LogP contribution in [0.4, 0.5) is 5.69 Å². The molecule has 0 aliphatic rings. The molecular formula is C15H24N2O2. The number of rotatable bonds is 7. The van der Waals surface area contributed by atoms with Crippen molar-refractivity contribution in [1.29, 1.82) is 0 Å². The molecule has 1 atom stereocenters. The average molecular weight is 264 g/mol. The molecule has 0 radical (unpaired) electrons. The van der Waals surface area contributed by atoms with E-state index in [4.69, 9.17) is 10.8 Å². The fourth-order valence-electron chi connectivity index (χ4n) is 2.09. The maximum Gasteiger partial charge on any atom is 0.223 e. The molecule has 1 aromatic rings. The maximum atomic E-state index is 12.2. The Kier molecular flexibility index (Phi) is 6.36. The van der Waals surface area contributed by atoms with E-state index in [-0.39, 0.29) is 18.4 Å². The molecule has 19 heavy (non-hydrogen) atoms. The minimum absolute atomic E-state index is 0.0159. The monoisotopic (exact) mass is 264 g/mol. The highest BCUT2D eigenvalue weighted by atomic mass is 16.3. The molecule has 0 bridgehead atoms. The van der Waals surface area contributed by atoms with E-state index < -0.39 is 0 Å². The number of nitrogen functional groups attached to an aromatic ring is 1. The molecule has 0 aliphatic carbocycles. The first kappa shape index (κ1) is 15.5. The zero-order valence-electron chi connectivity index (χ0n) is 11.8. The Labute approximate surface area is 115 Å². The van der Waals surface area contributed by atoms with Gasteiger partial charge in [0.15, 0.2) is 0 Å². The molecule has 1 amide bonds. The number of hydrogen-bond acceptors (Lipinski definition) is 3. The number of aliphatic hydroxyl groups excluding tert-OH is 1. The van der Waals surface area contributed by atoms with E-state index in [0.717, 1.165) is 17.7 Å². The predicted molar refractivity (Wildman–Crippen MR) is 77.8 cm³/mol. The van der Waals surface area contributed by atoms with Crippen molar-refractivity contribution in [1.82, 2.24) is 4.90 Å². The molecule has 3 N–H and O–H groups in total. The maximum absolute atomic E-state index is 12.2. The second-order valence-corrected chi connectivity index (χ2v) is 4.88. The van der Waals surface area contributed by atoms with Crippen LogP contribution in [0.5, 0.6) is 0 Å². The Bertz CT molecular complexity index is 384. The predicted octanol–water partition coefficient (Wildman–Crippen LogP) is 1.99. The Balaban J connectivity index is 2.61. The third-order valence-electron chi connectivity index (χ3n) is 3.20. The SMILES string of the molecule is CCCN(CCO)C(=O)CC(C)c1ccc(N)cc1. The third-order valence-corrected chi connectivity index (χ3v) is 3.20. The Hall–Kier alpha value is -1.55. The molecule has 0 aromatic heterocycles. The van der Waals surface area contributed by atoms with Crippen LogP contribution in [0.15, 0.2) is 24.3 Å². The Morgan fingerprint density at radius 1 is 1.32 bits per heavy atom. The first-order valence-corrected chi connectivity index (χ1v) is 6.82. The smallest absolute Gasteiger partial charge is 0.223 e. The van der Waals surface area contributed by atoms with Crippen LogP contribution in [-0.4, -0.2) is 35.6 Å². The van der Waals surface area contributed by atoms with E-state index in [1.807, 2.05) is 38.1 Å². The third kappa shape index (κ3) is 4.91. The zero-order chi connectivity index (χ0) is 14.3. The lowest BCUT2D eigenvalue weighted by Gasteiger charge is -2.23. The summed E-state index contributed by atoms with van der Waals surface area (Å²) in [6, 6.07) is 7.63. The first-order chi connectivity index (χ1) is 9.08. The lowest BCUT2D eigenvalue weighted by atomic mass is 9.97. The summed E-state index contributed by atoms with van der Waals surface area (Å²) in [4.78, 5) is 13.9. The van der Waals surface area contributed by atoms with Crippen LogP contribution in [0.1, 0.15) is 38.2 Å². The van der Waals surface area contributed by atoms with Crippen molar-refractivity contribution in [2.45, 2.75) is 32.6 Å². The highest BCUT2D eigenvalue weighted by Gasteiger charge is 2.16. The number of carbonyl (C=O) groups excluding carboxylic acids is 1. The molecule has 0 fully saturated rings. The van der Waals surface area contributed by atoms with E-state index in [1.165, 1.54) is 0 Å². The van der Waals surface area contributed by atoms with Crippen molar-refractivity contribution in [2.75, 3.05) is 25.4 Å². The number of nitrogens with zero attached hydrogens (tertiary/aromatic N) is 1. The van der Waals surface area contributed by atoms with Crippen LogP contribution in [0.2, 0.25) is 0 Å². The molecule has 0 saturated heterocycles. The van der Waals surface area contributed by atoms with Crippen LogP contribution in [0.25, 0.3) is 0 Å². The summed E-state index contributed by atoms with van der Waals surface area (Å²) in [7, 11) is 0. The number of hydrogen-bond donors (Lipinski definition) is 2. The van der Waals surface area contributed by atoms with Crippen molar-refractivity contribution in [3.63, 3.8) is 0 Å².